The van der Waals surface area contributed by atoms with Crippen LogP contribution in [-0.4, -0.2) is 46.8 Å². The highest BCUT2D eigenvalue weighted by atomic mass is 16.5. The summed E-state index contributed by atoms with van der Waals surface area (Å²) < 4.78 is 5.96. The molecule has 1 aliphatic carbocycles. The minimum Gasteiger partial charge on any atom is -0.378 e. The van der Waals surface area contributed by atoms with E-state index in [4.69, 9.17) is 4.74 Å². The molecule has 1 heterocycles. The van der Waals surface area contributed by atoms with Gasteiger partial charge in [-0.25, -0.2) is 0 Å². The van der Waals surface area contributed by atoms with Crippen LogP contribution >= 0.6 is 0 Å². The Labute approximate surface area is 133 Å². The minimum absolute atomic E-state index is 0.00285. The third-order valence-corrected chi connectivity index (χ3v) is 4.75. The second-order valence-corrected chi connectivity index (χ2v) is 6.79. The molecule has 1 aromatic heterocycles. The fourth-order valence-corrected chi connectivity index (χ4v) is 3.11. The number of carbonyl (C=O) groups excluding carboxylic acids is 1. The van der Waals surface area contributed by atoms with Crippen molar-refractivity contribution in [3.05, 3.63) is 23.5 Å². The van der Waals surface area contributed by atoms with Crippen LogP contribution in [0.5, 0.6) is 0 Å². The molecule has 2 rings (SSSR count). The highest BCUT2D eigenvalue weighted by Crippen LogP contribution is 2.45. The van der Waals surface area contributed by atoms with Crippen molar-refractivity contribution in [1.29, 1.82) is 0 Å². The Bertz CT molecular complexity index is 530. The van der Waals surface area contributed by atoms with Crippen molar-refractivity contribution in [2.45, 2.75) is 59.1 Å². The summed E-state index contributed by atoms with van der Waals surface area (Å²) >= 11 is 0. The number of aromatic nitrogens is 2. The second-order valence-electron chi connectivity index (χ2n) is 6.79. The van der Waals surface area contributed by atoms with Gasteiger partial charge in [-0.1, -0.05) is 27.2 Å². The van der Waals surface area contributed by atoms with Crippen molar-refractivity contribution in [2.75, 3.05) is 13.7 Å². The number of ether oxygens (including phenoxy) is 1. The molecular formula is C17H27N3O2. The monoisotopic (exact) mass is 305 g/mol. The molecule has 1 fully saturated rings. The molecule has 1 aliphatic rings. The van der Waals surface area contributed by atoms with Gasteiger partial charge in [-0.15, -0.1) is 0 Å². The van der Waals surface area contributed by atoms with E-state index in [1.54, 1.807) is 6.07 Å². The quantitative estimate of drug-likeness (QED) is 0.758. The van der Waals surface area contributed by atoms with Crippen LogP contribution in [0.25, 0.3) is 0 Å². The van der Waals surface area contributed by atoms with Crippen molar-refractivity contribution in [3.8, 4) is 0 Å². The molecule has 0 bridgehead atoms. The number of carbonyl (C=O) groups is 1. The highest BCUT2D eigenvalue weighted by molar-refractivity contribution is 5.94. The van der Waals surface area contributed by atoms with Crippen LogP contribution in [0.15, 0.2) is 12.3 Å². The molecule has 0 saturated heterocycles. The van der Waals surface area contributed by atoms with E-state index in [0.29, 0.717) is 5.56 Å². The van der Waals surface area contributed by atoms with Gasteiger partial charge in [-0.2, -0.15) is 10.2 Å². The average molecular weight is 305 g/mol. The van der Waals surface area contributed by atoms with Gasteiger partial charge in [0.2, 0.25) is 0 Å². The zero-order valence-electron chi connectivity index (χ0n) is 14.3. The number of hydrogen-bond acceptors (Lipinski definition) is 4. The second kappa shape index (κ2) is 6.73. The molecule has 1 saturated carbocycles. The van der Waals surface area contributed by atoms with Gasteiger partial charge in [0.05, 0.1) is 23.6 Å². The van der Waals surface area contributed by atoms with E-state index >= 15 is 0 Å². The van der Waals surface area contributed by atoms with Gasteiger partial charge >= 0.3 is 0 Å². The molecule has 1 aromatic rings. The van der Waals surface area contributed by atoms with Gasteiger partial charge in [0.15, 0.2) is 0 Å². The lowest BCUT2D eigenvalue weighted by molar-refractivity contribution is -0.140. The largest absolute Gasteiger partial charge is 0.378 e. The van der Waals surface area contributed by atoms with Crippen LogP contribution in [0.3, 0.4) is 0 Å². The Kier molecular flexibility index (Phi) is 5.16. The summed E-state index contributed by atoms with van der Waals surface area (Å²) in [5.74, 6) is 0.00285. The summed E-state index contributed by atoms with van der Waals surface area (Å²) in [6, 6.07) is 1.98. The van der Waals surface area contributed by atoms with Crippen LogP contribution < -0.4 is 0 Å². The first kappa shape index (κ1) is 16.9. The van der Waals surface area contributed by atoms with Crippen LogP contribution in [0.1, 0.15) is 56.1 Å². The predicted molar refractivity (Wildman–Crippen MR) is 85.7 cm³/mol. The first-order chi connectivity index (χ1) is 10.4. The smallest absolute Gasteiger partial charge is 0.255 e. The Morgan fingerprint density at radius 2 is 2.23 bits per heavy atom. The number of nitrogens with zero attached hydrogens (tertiary/aromatic N) is 3. The third-order valence-electron chi connectivity index (χ3n) is 4.75. The van der Waals surface area contributed by atoms with Crippen LogP contribution in [0.4, 0.5) is 0 Å². The lowest BCUT2D eigenvalue weighted by Crippen LogP contribution is -2.62. The van der Waals surface area contributed by atoms with Crippen molar-refractivity contribution < 1.29 is 9.53 Å². The summed E-state index contributed by atoms with van der Waals surface area (Å²) in [7, 11) is 1.87. The van der Waals surface area contributed by atoms with E-state index in [9.17, 15) is 4.79 Å². The zero-order chi connectivity index (χ0) is 16.3. The fraction of sp³-hybridized carbons (Fsp3) is 0.706. The van der Waals surface area contributed by atoms with Gasteiger partial charge in [0.1, 0.15) is 0 Å². The summed E-state index contributed by atoms with van der Waals surface area (Å²) in [6.07, 6.45) is 4.90. The minimum atomic E-state index is -0.0202. The average Bonchev–Trinajstić information content (AvgIpc) is 2.48. The molecular weight excluding hydrogens is 278 g/mol. The number of unbranched alkanes of at least 4 members (excludes halogenated alkanes) is 1. The number of hydrogen-bond donors (Lipinski definition) is 0. The lowest BCUT2D eigenvalue weighted by atomic mass is 9.63. The van der Waals surface area contributed by atoms with Gasteiger partial charge in [-0.3, -0.25) is 4.79 Å². The Morgan fingerprint density at radius 3 is 2.82 bits per heavy atom. The Balaban J connectivity index is 1.99. The Hall–Kier alpha value is -1.49. The Morgan fingerprint density at radius 1 is 1.50 bits per heavy atom. The van der Waals surface area contributed by atoms with Crippen molar-refractivity contribution in [1.82, 2.24) is 15.1 Å². The maximum Gasteiger partial charge on any atom is 0.255 e. The first-order valence-electron chi connectivity index (χ1n) is 8.06. The molecule has 2 atom stereocenters. The maximum atomic E-state index is 12.6. The number of amides is 1. The topological polar surface area (TPSA) is 55.3 Å². The number of aryl methyl sites for hydroxylation is 1. The van der Waals surface area contributed by atoms with E-state index in [-0.39, 0.29) is 23.5 Å². The van der Waals surface area contributed by atoms with E-state index in [0.717, 1.165) is 31.6 Å². The first-order valence-corrected chi connectivity index (χ1v) is 8.06. The van der Waals surface area contributed by atoms with Crippen LogP contribution in [0, 0.1) is 12.3 Å². The van der Waals surface area contributed by atoms with Crippen molar-refractivity contribution in [3.63, 3.8) is 0 Å². The standard InChI is InChI=1S/C17H27N3O2/c1-6-7-8-22-15-10-14(17(15,3)4)20(5)16(21)13-9-12(2)19-18-11-13/h9,11,14-15H,6-8,10H2,1-5H3. The molecule has 0 N–H and O–H groups in total. The van der Waals surface area contributed by atoms with Crippen LogP contribution in [-0.2, 0) is 4.74 Å². The van der Waals surface area contributed by atoms with E-state index < -0.39 is 0 Å². The van der Waals surface area contributed by atoms with Gasteiger partial charge < -0.3 is 9.64 Å². The molecule has 0 aliphatic heterocycles. The lowest BCUT2D eigenvalue weighted by Gasteiger charge is -2.54. The summed E-state index contributed by atoms with van der Waals surface area (Å²) in [5, 5.41) is 7.77. The van der Waals surface area contributed by atoms with Crippen molar-refractivity contribution in [2.24, 2.45) is 5.41 Å². The normalized spacial score (nSPS) is 23.0. The van der Waals surface area contributed by atoms with E-state index in [2.05, 4.69) is 31.0 Å². The fourth-order valence-electron chi connectivity index (χ4n) is 3.11. The highest BCUT2D eigenvalue weighted by Gasteiger charge is 2.51. The predicted octanol–water partition coefficient (Wildman–Crippen LogP) is 2.84. The molecule has 22 heavy (non-hydrogen) atoms. The third kappa shape index (κ3) is 3.29. The summed E-state index contributed by atoms with van der Waals surface area (Å²) in [5.41, 5.74) is 1.34. The van der Waals surface area contributed by atoms with Gasteiger partial charge in [0.25, 0.3) is 5.91 Å². The summed E-state index contributed by atoms with van der Waals surface area (Å²) in [4.78, 5) is 14.4. The van der Waals surface area contributed by atoms with E-state index in [1.165, 1.54) is 6.20 Å². The molecule has 122 valence electrons. The SMILES string of the molecule is CCCCOC1CC(N(C)C(=O)c2cnnc(C)c2)C1(C)C. The molecule has 5 nitrogen and oxygen atoms in total. The maximum absolute atomic E-state index is 12.6. The molecule has 2 unspecified atom stereocenters. The van der Waals surface area contributed by atoms with Gasteiger partial charge in [0, 0.05) is 25.1 Å². The van der Waals surface area contributed by atoms with Gasteiger partial charge in [-0.05, 0) is 25.8 Å². The molecule has 0 spiro atoms. The zero-order valence-corrected chi connectivity index (χ0v) is 14.3. The molecule has 0 aromatic carbocycles. The van der Waals surface area contributed by atoms with Crippen LogP contribution in [0.2, 0.25) is 0 Å². The molecule has 1 amide bonds. The molecule has 0 radical (unpaired) electrons. The number of rotatable bonds is 6. The summed E-state index contributed by atoms with van der Waals surface area (Å²) in [6.45, 7) is 9.17. The van der Waals surface area contributed by atoms with Crippen molar-refractivity contribution >= 4 is 5.91 Å². The molecule has 5 heteroatoms. The van der Waals surface area contributed by atoms with E-state index in [1.807, 2.05) is 18.9 Å².